The highest BCUT2D eigenvalue weighted by Gasteiger charge is 2.48. The molecule has 1 saturated heterocycles. The van der Waals surface area contributed by atoms with E-state index in [0.717, 1.165) is 70.6 Å². The third-order valence-corrected chi connectivity index (χ3v) is 12.9. The minimum Gasteiger partial charge on any atom is -0.457 e. The zero-order valence-corrected chi connectivity index (χ0v) is 43.7. The molecule has 398 valence electrons. The Bertz CT molecular complexity index is 1370. The van der Waals surface area contributed by atoms with Gasteiger partial charge in [0.2, 0.25) is 0 Å². The topological polar surface area (TPSA) is 178 Å². The monoisotopic (exact) mass is 985 g/mol. The van der Waals surface area contributed by atoms with Crippen molar-refractivity contribution in [2.45, 2.75) is 269 Å². The Labute approximate surface area is 415 Å². The number of hydrogen-bond donors (Lipinski definition) is 4. The molecule has 0 radical (unpaired) electrons. The summed E-state index contributed by atoms with van der Waals surface area (Å²) >= 11 is 0. The van der Waals surface area contributed by atoms with Crippen LogP contribution in [-0.4, -0.2) is 97.5 Å². The van der Waals surface area contributed by atoms with Gasteiger partial charge in [-0.05, 0) is 51.4 Å². The normalized spacial score (nSPS) is 19.6. The predicted octanol–water partition coefficient (Wildman–Crippen LogP) is 13.1. The van der Waals surface area contributed by atoms with E-state index in [4.69, 9.17) is 18.9 Å². The maximum absolute atomic E-state index is 12.9. The standard InChI is InChI=1S/C55H100O12S/c1-3-5-7-9-11-13-15-17-19-21-23-24-25-26-27-28-30-32-34-36-38-40-42-44-51(57)65-49(48-64-55-53(59)54(67-68(60,61)62)52(58)50(46-56)66-55)47-63-45-43-41-39-37-35-33-31-29-22-20-18-16-14-12-10-8-6-4-2/h5,7,11,13,17,19,23-24,49-50,52-56,58-59H,3-4,6,8-10,12,14-16,18,20-22,25-48H2,1-2H3,(H,60,61,62)/b7-5-,13-11-,19-17-,24-23-. The molecule has 1 aliphatic rings. The van der Waals surface area contributed by atoms with Crippen LogP contribution in [-0.2, 0) is 38.3 Å². The van der Waals surface area contributed by atoms with Gasteiger partial charge in [0.15, 0.2) is 6.29 Å². The van der Waals surface area contributed by atoms with Gasteiger partial charge < -0.3 is 34.3 Å². The molecular formula is C55H100O12S. The second kappa shape index (κ2) is 46.2. The van der Waals surface area contributed by atoms with Gasteiger partial charge in [-0.15, -0.1) is 0 Å². The van der Waals surface area contributed by atoms with Crippen LogP contribution in [0.15, 0.2) is 48.6 Å². The molecule has 6 unspecified atom stereocenters. The summed E-state index contributed by atoms with van der Waals surface area (Å²) in [6, 6.07) is 0. The van der Waals surface area contributed by atoms with Gasteiger partial charge in [-0.2, -0.15) is 8.42 Å². The molecule has 12 nitrogen and oxygen atoms in total. The molecular weight excluding hydrogens is 885 g/mol. The molecule has 0 bridgehead atoms. The van der Waals surface area contributed by atoms with Gasteiger partial charge in [0, 0.05) is 13.0 Å². The van der Waals surface area contributed by atoms with Crippen molar-refractivity contribution in [2.24, 2.45) is 0 Å². The maximum atomic E-state index is 12.9. The van der Waals surface area contributed by atoms with Crippen molar-refractivity contribution in [1.29, 1.82) is 0 Å². The van der Waals surface area contributed by atoms with E-state index in [2.05, 4.69) is 66.6 Å². The smallest absolute Gasteiger partial charge is 0.397 e. The number of esters is 1. The molecule has 1 aliphatic heterocycles. The fourth-order valence-corrected chi connectivity index (χ4v) is 8.88. The van der Waals surface area contributed by atoms with E-state index in [1.54, 1.807) is 0 Å². The summed E-state index contributed by atoms with van der Waals surface area (Å²) in [7, 11) is -5.07. The molecule has 6 atom stereocenters. The van der Waals surface area contributed by atoms with Gasteiger partial charge in [0.05, 0.1) is 19.8 Å². The molecule has 0 spiro atoms. The van der Waals surface area contributed by atoms with Crippen molar-refractivity contribution in [3.63, 3.8) is 0 Å². The van der Waals surface area contributed by atoms with E-state index in [1.165, 1.54) is 135 Å². The van der Waals surface area contributed by atoms with Gasteiger partial charge in [0.1, 0.15) is 30.5 Å². The molecule has 1 rings (SSSR count). The summed E-state index contributed by atoms with van der Waals surface area (Å²) in [6.07, 6.45) is 48.5. The molecule has 0 saturated carbocycles. The van der Waals surface area contributed by atoms with Crippen LogP contribution >= 0.6 is 0 Å². The summed E-state index contributed by atoms with van der Waals surface area (Å²) < 4.78 is 59.4. The van der Waals surface area contributed by atoms with Gasteiger partial charge >= 0.3 is 16.4 Å². The van der Waals surface area contributed by atoms with Crippen molar-refractivity contribution >= 4 is 16.4 Å². The lowest BCUT2D eigenvalue weighted by atomic mass is 9.99. The number of aliphatic hydroxyl groups is 3. The largest absolute Gasteiger partial charge is 0.457 e. The maximum Gasteiger partial charge on any atom is 0.397 e. The van der Waals surface area contributed by atoms with Crippen molar-refractivity contribution in [3.8, 4) is 0 Å². The zero-order valence-electron chi connectivity index (χ0n) is 42.9. The molecule has 4 N–H and O–H groups in total. The summed E-state index contributed by atoms with van der Waals surface area (Å²) in [6.45, 7) is 3.92. The van der Waals surface area contributed by atoms with Crippen LogP contribution in [0, 0.1) is 0 Å². The number of ether oxygens (including phenoxy) is 4. The van der Waals surface area contributed by atoms with Crippen LogP contribution in [0.1, 0.15) is 232 Å². The van der Waals surface area contributed by atoms with Crippen molar-refractivity contribution < 1.29 is 56.2 Å². The third-order valence-electron chi connectivity index (χ3n) is 12.5. The highest BCUT2D eigenvalue weighted by Crippen LogP contribution is 2.26. The van der Waals surface area contributed by atoms with Crippen molar-refractivity contribution in [1.82, 2.24) is 0 Å². The van der Waals surface area contributed by atoms with E-state index < -0.39 is 59.8 Å². The lowest BCUT2D eigenvalue weighted by molar-refractivity contribution is -0.301. The third kappa shape index (κ3) is 38.8. The van der Waals surface area contributed by atoms with Crippen LogP contribution in [0.2, 0.25) is 0 Å². The van der Waals surface area contributed by atoms with Crippen molar-refractivity contribution in [3.05, 3.63) is 48.6 Å². The van der Waals surface area contributed by atoms with E-state index in [0.29, 0.717) is 13.0 Å². The Morgan fingerprint density at radius 2 is 1.01 bits per heavy atom. The Balaban J connectivity index is 2.32. The first kappa shape index (κ1) is 64.1. The minimum absolute atomic E-state index is 0.0367. The molecule has 0 aromatic rings. The Kier molecular flexibility index (Phi) is 43.5. The van der Waals surface area contributed by atoms with E-state index >= 15 is 0 Å². The average molecular weight is 985 g/mol. The van der Waals surface area contributed by atoms with Crippen LogP contribution in [0.25, 0.3) is 0 Å². The number of carbonyl (C=O) groups is 1. The molecule has 0 aromatic heterocycles. The lowest BCUT2D eigenvalue weighted by Crippen LogP contribution is -2.60. The number of rotatable bonds is 48. The van der Waals surface area contributed by atoms with Crippen LogP contribution in [0.4, 0.5) is 0 Å². The zero-order chi connectivity index (χ0) is 49.6. The number of unbranched alkanes of at least 4 members (excludes halogenated alkanes) is 27. The summed E-state index contributed by atoms with van der Waals surface area (Å²) in [4.78, 5) is 12.9. The van der Waals surface area contributed by atoms with Gasteiger partial charge in [-0.1, -0.05) is 223 Å². The first-order valence-corrected chi connectivity index (χ1v) is 28.8. The first-order valence-electron chi connectivity index (χ1n) is 27.4. The van der Waals surface area contributed by atoms with E-state index in [-0.39, 0.29) is 19.6 Å². The summed E-state index contributed by atoms with van der Waals surface area (Å²) in [5.41, 5.74) is 0. The van der Waals surface area contributed by atoms with Crippen molar-refractivity contribution in [2.75, 3.05) is 26.4 Å². The molecule has 1 heterocycles. The summed E-state index contributed by atoms with van der Waals surface area (Å²) in [5.74, 6) is -0.401. The average Bonchev–Trinajstić information content (AvgIpc) is 3.31. The molecule has 68 heavy (non-hydrogen) atoms. The molecule has 0 aliphatic carbocycles. The van der Waals surface area contributed by atoms with E-state index in [1.807, 2.05) is 0 Å². The van der Waals surface area contributed by atoms with Gasteiger partial charge in [0.25, 0.3) is 0 Å². The highest BCUT2D eigenvalue weighted by atomic mass is 32.3. The number of hydrogen-bond acceptors (Lipinski definition) is 11. The quantitative estimate of drug-likeness (QED) is 0.0197. The first-order chi connectivity index (χ1) is 33.1. The summed E-state index contributed by atoms with van der Waals surface area (Å²) in [5, 5.41) is 30.8. The number of carbonyl (C=O) groups excluding carboxylic acids is 1. The fourth-order valence-electron chi connectivity index (χ4n) is 8.37. The number of allylic oxidation sites excluding steroid dienone is 8. The lowest BCUT2D eigenvalue weighted by Gasteiger charge is -2.41. The van der Waals surface area contributed by atoms with Crippen LogP contribution < -0.4 is 0 Å². The molecule has 1 fully saturated rings. The molecule has 0 aromatic carbocycles. The highest BCUT2D eigenvalue weighted by molar-refractivity contribution is 7.80. The van der Waals surface area contributed by atoms with Gasteiger partial charge in [-0.3, -0.25) is 9.35 Å². The fraction of sp³-hybridized carbons (Fsp3) is 0.836. The number of aliphatic hydroxyl groups excluding tert-OH is 3. The molecule has 0 amide bonds. The Morgan fingerprint density at radius 3 is 1.49 bits per heavy atom. The predicted molar refractivity (Wildman–Crippen MR) is 276 cm³/mol. The SMILES string of the molecule is CC/C=C\C/C=C\C/C=C\C/C=C\CCCCCCCCCCCCC(=O)OC(COCCCCCCCCCCCCCCCCCCCC)COC1OC(CO)C(O)C(OS(=O)(=O)O)C1O. The Morgan fingerprint density at radius 1 is 0.574 bits per heavy atom. The van der Waals surface area contributed by atoms with Crippen LogP contribution in [0.5, 0.6) is 0 Å². The second-order valence-electron chi connectivity index (χ2n) is 18.8. The Hall–Kier alpha value is -1.94. The van der Waals surface area contributed by atoms with Gasteiger partial charge in [-0.25, -0.2) is 4.18 Å². The minimum atomic E-state index is -5.07. The second-order valence-corrected chi connectivity index (χ2v) is 19.8. The van der Waals surface area contributed by atoms with E-state index in [9.17, 15) is 33.1 Å². The molecule has 13 heteroatoms. The van der Waals surface area contributed by atoms with Crippen LogP contribution in [0.3, 0.4) is 0 Å².